The van der Waals surface area contributed by atoms with Crippen LogP contribution in [0.3, 0.4) is 0 Å². The molecule has 0 aromatic rings. The smallest absolute Gasteiger partial charge is 0.00766 e. The van der Waals surface area contributed by atoms with Crippen molar-refractivity contribution in [2.45, 2.75) is 118 Å². The van der Waals surface area contributed by atoms with Crippen molar-refractivity contribution in [3.05, 3.63) is 11.6 Å². The van der Waals surface area contributed by atoms with E-state index >= 15 is 0 Å². The van der Waals surface area contributed by atoms with E-state index in [-0.39, 0.29) is 0 Å². The van der Waals surface area contributed by atoms with Crippen LogP contribution < -0.4 is 5.73 Å². The fourth-order valence-corrected chi connectivity index (χ4v) is 9.35. The Morgan fingerprint density at radius 1 is 1.00 bits per heavy atom. The second-order valence-corrected chi connectivity index (χ2v) is 13.0. The highest BCUT2D eigenvalue weighted by atomic mass is 14.7. The zero-order valence-electron chi connectivity index (χ0n) is 21.1. The van der Waals surface area contributed by atoms with Crippen LogP contribution in [0.2, 0.25) is 0 Å². The number of hydrogen-bond acceptors (Lipinski definition) is 1. The van der Waals surface area contributed by atoms with Crippen LogP contribution in [0.25, 0.3) is 0 Å². The van der Waals surface area contributed by atoms with Crippen LogP contribution in [0, 0.1) is 52.3 Å². The number of hydrogen-bond donors (Lipinski definition) is 1. The van der Waals surface area contributed by atoms with Gasteiger partial charge in [0.25, 0.3) is 0 Å². The molecule has 2 N–H and O–H groups in total. The molecule has 4 aliphatic carbocycles. The van der Waals surface area contributed by atoms with E-state index in [9.17, 15) is 0 Å². The third-order valence-electron chi connectivity index (χ3n) is 11.4. The molecule has 172 valence electrons. The molecule has 30 heavy (non-hydrogen) atoms. The highest BCUT2D eigenvalue weighted by Crippen LogP contribution is 2.67. The lowest BCUT2D eigenvalue weighted by Crippen LogP contribution is -2.51. The Balaban J connectivity index is 1.47. The van der Waals surface area contributed by atoms with Gasteiger partial charge < -0.3 is 5.73 Å². The summed E-state index contributed by atoms with van der Waals surface area (Å²) >= 11 is 0. The summed E-state index contributed by atoms with van der Waals surface area (Å²) in [6.45, 7) is 15.2. The Kier molecular flexibility index (Phi) is 6.53. The summed E-state index contributed by atoms with van der Waals surface area (Å²) in [6, 6.07) is 0.421. The van der Waals surface area contributed by atoms with E-state index in [1.165, 1.54) is 70.6 Å². The van der Waals surface area contributed by atoms with Crippen molar-refractivity contribution in [1.29, 1.82) is 0 Å². The molecule has 0 aromatic heterocycles. The number of allylic oxidation sites excluding steroid dienone is 1. The number of nitrogens with two attached hydrogens (primary N) is 1. The standard InChI is InChI=1S/C29H51N/c1-7-21(19(2)3)9-8-20(4)25-12-13-26-24-11-10-22-18-23(30)14-16-28(22,5)27(24)15-17-29(25,26)6/h10,19-21,23-27H,7-9,11-18,30H2,1-6H3/t20-,21-,23+,24+,25?,26?,27?,28?,29?/m1/s1. The Morgan fingerprint density at radius 2 is 1.77 bits per heavy atom. The molecule has 0 saturated heterocycles. The summed E-state index contributed by atoms with van der Waals surface area (Å²) in [6.07, 6.45) is 18.0. The second kappa shape index (κ2) is 8.57. The third kappa shape index (κ3) is 3.74. The Hall–Kier alpha value is -0.300. The largest absolute Gasteiger partial charge is 0.327 e. The van der Waals surface area contributed by atoms with E-state index < -0.39 is 0 Å². The molecule has 0 radical (unpaired) electrons. The minimum atomic E-state index is 0.421. The lowest BCUT2D eigenvalue weighted by Gasteiger charge is -2.58. The lowest BCUT2D eigenvalue weighted by atomic mass is 9.47. The van der Waals surface area contributed by atoms with Crippen molar-refractivity contribution in [3.63, 3.8) is 0 Å². The van der Waals surface area contributed by atoms with Gasteiger partial charge in [0.15, 0.2) is 0 Å². The summed E-state index contributed by atoms with van der Waals surface area (Å²) in [5.41, 5.74) is 9.18. The van der Waals surface area contributed by atoms with E-state index in [1.807, 2.05) is 0 Å². The zero-order chi connectivity index (χ0) is 21.7. The average Bonchev–Trinajstić information content (AvgIpc) is 3.06. The molecule has 3 fully saturated rings. The van der Waals surface area contributed by atoms with Crippen molar-refractivity contribution >= 4 is 0 Å². The van der Waals surface area contributed by atoms with Crippen LogP contribution in [-0.4, -0.2) is 6.04 Å². The molecule has 4 rings (SSSR count). The molecule has 0 bridgehead atoms. The fraction of sp³-hybridized carbons (Fsp3) is 0.931. The van der Waals surface area contributed by atoms with Crippen LogP contribution in [0.4, 0.5) is 0 Å². The monoisotopic (exact) mass is 413 g/mol. The minimum absolute atomic E-state index is 0.421. The molecular weight excluding hydrogens is 362 g/mol. The molecule has 9 atom stereocenters. The van der Waals surface area contributed by atoms with Crippen molar-refractivity contribution < 1.29 is 0 Å². The maximum Gasteiger partial charge on any atom is 0.00766 e. The van der Waals surface area contributed by atoms with Crippen LogP contribution in [0.1, 0.15) is 112 Å². The maximum absolute atomic E-state index is 6.36. The van der Waals surface area contributed by atoms with E-state index in [0.717, 1.165) is 41.4 Å². The van der Waals surface area contributed by atoms with Gasteiger partial charge >= 0.3 is 0 Å². The predicted octanol–water partition coefficient (Wildman–Crippen LogP) is 7.99. The van der Waals surface area contributed by atoms with E-state index in [0.29, 0.717) is 16.9 Å². The molecule has 3 saturated carbocycles. The van der Waals surface area contributed by atoms with Gasteiger partial charge in [-0.2, -0.15) is 0 Å². The summed E-state index contributed by atoms with van der Waals surface area (Å²) < 4.78 is 0. The summed E-state index contributed by atoms with van der Waals surface area (Å²) in [4.78, 5) is 0. The molecule has 0 heterocycles. The molecule has 0 aliphatic heterocycles. The van der Waals surface area contributed by atoms with Gasteiger partial charge in [0.05, 0.1) is 0 Å². The van der Waals surface area contributed by atoms with Crippen LogP contribution >= 0.6 is 0 Å². The molecule has 0 amide bonds. The van der Waals surface area contributed by atoms with Gasteiger partial charge in [-0.25, -0.2) is 0 Å². The molecule has 4 aliphatic rings. The molecule has 0 spiro atoms. The quantitative estimate of drug-likeness (QED) is 0.439. The molecule has 1 heteroatoms. The first-order valence-electron chi connectivity index (χ1n) is 13.7. The molecule has 1 nitrogen and oxygen atoms in total. The third-order valence-corrected chi connectivity index (χ3v) is 11.4. The molecular formula is C29H51N. The van der Waals surface area contributed by atoms with E-state index in [1.54, 1.807) is 5.57 Å². The lowest BCUT2D eigenvalue weighted by molar-refractivity contribution is -0.0511. The fourth-order valence-electron chi connectivity index (χ4n) is 9.35. The number of rotatable bonds is 6. The van der Waals surface area contributed by atoms with Crippen molar-refractivity contribution in [2.75, 3.05) is 0 Å². The average molecular weight is 414 g/mol. The van der Waals surface area contributed by atoms with Gasteiger partial charge in [-0.1, -0.05) is 66.0 Å². The molecule has 5 unspecified atom stereocenters. The van der Waals surface area contributed by atoms with Gasteiger partial charge in [-0.15, -0.1) is 0 Å². The van der Waals surface area contributed by atoms with Gasteiger partial charge in [0.2, 0.25) is 0 Å². The topological polar surface area (TPSA) is 26.0 Å². The van der Waals surface area contributed by atoms with Gasteiger partial charge in [-0.3, -0.25) is 0 Å². The summed E-state index contributed by atoms with van der Waals surface area (Å²) in [7, 11) is 0. The molecule has 0 aromatic carbocycles. The minimum Gasteiger partial charge on any atom is -0.327 e. The van der Waals surface area contributed by atoms with Gasteiger partial charge in [0, 0.05) is 6.04 Å². The summed E-state index contributed by atoms with van der Waals surface area (Å²) in [5.74, 6) is 6.49. The van der Waals surface area contributed by atoms with E-state index in [2.05, 4.69) is 47.6 Å². The van der Waals surface area contributed by atoms with Crippen molar-refractivity contribution in [1.82, 2.24) is 0 Å². The van der Waals surface area contributed by atoms with Crippen molar-refractivity contribution in [3.8, 4) is 0 Å². The first-order valence-corrected chi connectivity index (χ1v) is 13.7. The Morgan fingerprint density at radius 3 is 2.47 bits per heavy atom. The van der Waals surface area contributed by atoms with Crippen LogP contribution in [-0.2, 0) is 0 Å². The van der Waals surface area contributed by atoms with Crippen molar-refractivity contribution in [2.24, 2.45) is 58.0 Å². The van der Waals surface area contributed by atoms with Crippen LogP contribution in [0.15, 0.2) is 11.6 Å². The Labute approximate surface area is 188 Å². The van der Waals surface area contributed by atoms with Crippen LogP contribution in [0.5, 0.6) is 0 Å². The maximum atomic E-state index is 6.36. The zero-order valence-corrected chi connectivity index (χ0v) is 21.1. The first kappa shape index (κ1) is 22.9. The van der Waals surface area contributed by atoms with E-state index in [4.69, 9.17) is 5.73 Å². The predicted molar refractivity (Wildman–Crippen MR) is 130 cm³/mol. The highest BCUT2D eigenvalue weighted by molar-refractivity contribution is 5.25. The number of fused-ring (bicyclic) bond motifs is 5. The SMILES string of the molecule is CC[C@H](CC[C@@H](C)C1CCC2[C@@H]3CC=C4C[C@@H](N)CCC4(C)C3CCC21C)C(C)C. The second-order valence-electron chi connectivity index (χ2n) is 13.0. The van der Waals surface area contributed by atoms with Gasteiger partial charge in [0.1, 0.15) is 0 Å². The van der Waals surface area contributed by atoms with Gasteiger partial charge in [-0.05, 0) is 110 Å². The Bertz CT molecular complexity index is 634. The first-order chi connectivity index (χ1) is 14.2. The summed E-state index contributed by atoms with van der Waals surface area (Å²) in [5, 5.41) is 0. The normalized spacial score (nSPS) is 45.3. The highest BCUT2D eigenvalue weighted by Gasteiger charge is 2.58.